The SMILES string of the molecule is CNc1nnc(COc2c(OC)cccc2OC)s1. The second-order valence-corrected chi connectivity index (χ2v) is 4.59. The Morgan fingerprint density at radius 2 is 1.84 bits per heavy atom. The minimum Gasteiger partial charge on any atom is -0.493 e. The van der Waals surface area contributed by atoms with Crippen molar-refractivity contribution in [2.45, 2.75) is 6.61 Å². The highest BCUT2D eigenvalue weighted by atomic mass is 32.1. The predicted octanol–water partition coefficient (Wildman–Crippen LogP) is 2.18. The van der Waals surface area contributed by atoms with Crippen molar-refractivity contribution in [3.05, 3.63) is 23.2 Å². The third-order valence-corrected chi connectivity index (χ3v) is 3.32. The third-order valence-electron chi connectivity index (χ3n) is 2.40. The highest BCUT2D eigenvalue weighted by Crippen LogP contribution is 2.37. The van der Waals surface area contributed by atoms with Crippen molar-refractivity contribution in [1.29, 1.82) is 0 Å². The molecule has 0 aliphatic carbocycles. The van der Waals surface area contributed by atoms with E-state index < -0.39 is 0 Å². The first-order valence-corrected chi connectivity index (χ1v) is 6.44. The second kappa shape index (κ2) is 6.24. The molecule has 1 N–H and O–H groups in total. The Labute approximate surface area is 115 Å². The molecular weight excluding hydrogens is 266 g/mol. The van der Waals surface area contributed by atoms with Crippen LogP contribution in [0.4, 0.5) is 5.13 Å². The summed E-state index contributed by atoms with van der Waals surface area (Å²) in [5, 5.41) is 12.4. The van der Waals surface area contributed by atoms with E-state index >= 15 is 0 Å². The fourth-order valence-corrected chi connectivity index (χ4v) is 2.11. The van der Waals surface area contributed by atoms with Crippen LogP contribution in [0.25, 0.3) is 0 Å². The van der Waals surface area contributed by atoms with Crippen LogP contribution < -0.4 is 19.5 Å². The number of hydrogen-bond donors (Lipinski definition) is 1. The lowest BCUT2D eigenvalue weighted by atomic mass is 10.3. The number of methoxy groups -OCH3 is 2. The van der Waals surface area contributed by atoms with Crippen LogP contribution in [-0.4, -0.2) is 31.5 Å². The molecule has 2 aromatic rings. The van der Waals surface area contributed by atoms with E-state index in [9.17, 15) is 0 Å². The van der Waals surface area contributed by atoms with E-state index in [1.165, 1.54) is 11.3 Å². The number of benzene rings is 1. The average Bonchev–Trinajstić information content (AvgIpc) is 2.92. The maximum Gasteiger partial charge on any atom is 0.205 e. The Hall–Kier alpha value is -2.02. The van der Waals surface area contributed by atoms with Crippen LogP contribution in [0.5, 0.6) is 17.2 Å². The van der Waals surface area contributed by atoms with Gasteiger partial charge >= 0.3 is 0 Å². The summed E-state index contributed by atoms with van der Waals surface area (Å²) in [6, 6.07) is 5.47. The summed E-state index contributed by atoms with van der Waals surface area (Å²) < 4.78 is 16.2. The molecule has 0 saturated heterocycles. The molecule has 0 unspecified atom stereocenters. The molecule has 0 saturated carbocycles. The Morgan fingerprint density at radius 3 is 2.37 bits per heavy atom. The molecule has 0 fully saturated rings. The molecule has 0 atom stereocenters. The lowest BCUT2D eigenvalue weighted by Crippen LogP contribution is -1.99. The van der Waals surface area contributed by atoms with E-state index in [2.05, 4.69) is 15.5 Å². The second-order valence-electron chi connectivity index (χ2n) is 3.53. The van der Waals surface area contributed by atoms with Gasteiger partial charge in [-0.1, -0.05) is 17.4 Å². The van der Waals surface area contributed by atoms with Crippen molar-refractivity contribution >= 4 is 16.5 Å². The monoisotopic (exact) mass is 281 g/mol. The fraction of sp³-hybridized carbons (Fsp3) is 0.333. The molecule has 1 aromatic carbocycles. The molecular formula is C12H15N3O3S. The molecule has 0 bridgehead atoms. The van der Waals surface area contributed by atoms with Gasteiger partial charge in [0, 0.05) is 7.05 Å². The number of hydrogen-bond acceptors (Lipinski definition) is 7. The molecule has 0 spiro atoms. The molecule has 0 radical (unpaired) electrons. The van der Waals surface area contributed by atoms with Crippen molar-refractivity contribution in [2.75, 3.05) is 26.6 Å². The van der Waals surface area contributed by atoms with Gasteiger partial charge in [0.2, 0.25) is 10.9 Å². The van der Waals surface area contributed by atoms with Gasteiger partial charge in [-0.25, -0.2) is 0 Å². The van der Waals surface area contributed by atoms with Gasteiger partial charge in [-0.3, -0.25) is 0 Å². The summed E-state index contributed by atoms with van der Waals surface area (Å²) in [4.78, 5) is 0. The van der Waals surface area contributed by atoms with Crippen LogP contribution in [0.2, 0.25) is 0 Å². The first-order valence-electron chi connectivity index (χ1n) is 5.62. The molecule has 19 heavy (non-hydrogen) atoms. The maximum absolute atomic E-state index is 5.72. The Morgan fingerprint density at radius 1 is 1.16 bits per heavy atom. The number of para-hydroxylation sites is 1. The van der Waals surface area contributed by atoms with Crippen LogP contribution in [0.15, 0.2) is 18.2 Å². The zero-order valence-corrected chi connectivity index (χ0v) is 11.8. The van der Waals surface area contributed by atoms with Crippen LogP contribution in [0.3, 0.4) is 0 Å². The van der Waals surface area contributed by atoms with Crippen LogP contribution in [0.1, 0.15) is 5.01 Å². The van der Waals surface area contributed by atoms with Gasteiger partial charge in [-0.05, 0) is 12.1 Å². The number of aromatic nitrogens is 2. The molecule has 102 valence electrons. The van der Waals surface area contributed by atoms with Crippen molar-refractivity contribution in [3.63, 3.8) is 0 Å². The lowest BCUT2D eigenvalue weighted by Gasteiger charge is -2.12. The van der Waals surface area contributed by atoms with Crippen molar-refractivity contribution in [1.82, 2.24) is 10.2 Å². The first kappa shape index (κ1) is 13.4. The predicted molar refractivity (Wildman–Crippen MR) is 73.3 cm³/mol. The van der Waals surface area contributed by atoms with Gasteiger partial charge in [0.25, 0.3) is 0 Å². The topological polar surface area (TPSA) is 65.5 Å². The summed E-state index contributed by atoms with van der Waals surface area (Å²) in [7, 11) is 4.98. The molecule has 1 heterocycles. The zero-order valence-electron chi connectivity index (χ0n) is 11.0. The summed E-state index contributed by atoms with van der Waals surface area (Å²) in [6.07, 6.45) is 0. The van der Waals surface area contributed by atoms with Crippen LogP contribution >= 0.6 is 11.3 Å². The van der Waals surface area contributed by atoms with Crippen LogP contribution in [0, 0.1) is 0 Å². The lowest BCUT2D eigenvalue weighted by molar-refractivity contribution is 0.265. The van der Waals surface area contributed by atoms with E-state index in [4.69, 9.17) is 14.2 Å². The minimum atomic E-state index is 0.316. The van der Waals surface area contributed by atoms with Crippen molar-refractivity contribution in [3.8, 4) is 17.2 Å². The van der Waals surface area contributed by atoms with E-state index in [-0.39, 0.29) is 0 Å². The number of nitrogens with one attached hydrogen (secondary N) is 1. The minimum absolute atomic E-state index is 0.316. The highest BCUT2D eigenvalue weighted by molar-refractivity contribution is 7.15. The normalized spacial score (nSPS) is 10.1. The number of nitrogens with zero attached hydrogens (tertiary/aromatic N) is 2. The molecule has 0 aliphatic rings. The van der Waals surface area contributed by atoms with Gasteiger partial charge in [-0.15, -0.1) is 10.2 Å². The molecule has 2 rings (SSSR count). The van der Waals surface area contributed by atoms with Gasteiger partial charge in [0.05, 0.1) is 14.2 Å². The van der Waals surface area contributed by atoms with E-state index in [1.807, 2.05) is 18.2 Å². The van der Waals surface area contributed by atoms with Crippen LogP contribution in [-0.2, 0) is 6.61 Å². The molecule has 7 heteroatoms. The zero-order chi connectivity index (χ0) is 13.7. The Balaban J connectivity index is 2.13. The molecule has 0 amide bonds. The summed E-state index contributed by atoms with van der Waals surface area (Å²) in [5.74, 6) is 1.81. The Kier molecular flexibility index (Phi) is 4.40. The highest BCUT2D eigenvalue weighted by Gasteiger charge is 2.12. The van der Waals surface area contributed by atoms with Gasteiger partial charge in [0.15, 0.2) is 16.5 Å². The smallest absolute Gasteiger partial charge is 0.205 e. The van der Waals surface area contributed by atoms with Crippen molar-refractivity contribution < 1.29 is 14.2 Å². The fourth-order valence-electron chi connectivity index (χ4n) is 1.51. The summed E-state index contributed by atoms with van der Waals surface area (Å²) >= 11 is 1.44. The van der Waals surface area contributed by atoms with E-state index in [1.54, 1.807) is 21.3 Å². The summed E-state index contributed by atoms with van der Waals surface area (Å²) in [5.41, 5.74) is 0. The average molecular weight is 281 g/mol. The molecule has 6 nitrogen and oxygen atoms in total. The van der Waals surface area contributed by atoms with E-state index in [0.29, 0.717) is 23.9 Å². The number of rotatable bonds is 6. The third kappa shape index (κ3) is 3.05. The first-order chi connectivity index (χ1) is 9.28. The molecule has 1 aromatic heterocycles. The molecule has 0 aliphatic heterocycles. The standard InChI is InChI=1S/C12H15N3O3S/c1-13-12-15-14-10(19-12)7-18-11-8(16-2)5-4-6-9(11)17-3/h4-6H,7H2,1-3H3,(H,13,15). The number of ether oxygens (including phenoxy) is 3. The van der Waals surface area contributed by atoms with E-state index in [0.717, 1.165) is 10.1 Å². The van der Waals surface area contributed by atoms with Crippen molar-refractivity contribution in [2.24, 2.45) is 0 Å². The summed E-state index contributed by atoms with van der Waals surface area (Å²) in [6.45, 7) is 0.316. The van der Waals surface area contributed by atoms with Gasteiger partial charge in [0.1, 0.15) is 6.61 Å². The van der Waals surface area contributed by atoms with Gasteiger partial charge in [-0.2, -0.15) is 0 Å². The largest absolute Gasteiger partial charge is 0.493 e. The number of anilines is 1. The van der Waals surface area contributed by atoms with Gasteiger partial charge < -0.3 is 19.5 Å². The quantitative estimate of drug-likeness (QED) is 0.875. The maximum atomic E-state index is 5.72. The Bertz CT molecular complexity index is 523.